The monoisotopic (exact) mass is 286 g/mol. The lowest BCUT2D eigenvalue weighted by Crippen LogP contribution is -2.48. The molecule has 112 valence electrons. The zero-order chi connectivity index (χ0) is 15.5. The molecule has 3 N–H and O–H groups in total. The summed E-state index contributed by atoms with van der Waals surface area (Å²) in [5.74, 6) is -0.142. The van der Waals surface area contributed by atoms with E-state index in [0.29, 0.717) is 18.5 Å². The summed E-state index contributed by atoms with van der Waals surface area (Å²) in [7, 11) is 1.81. The van der Waals surface area contributed by atoms with Gasteiger partial charge in [0.2, 0.25) is 0 Å². The van der Waals surface area contributed by atoms with Gasteiger partial charge in [0, 0.05) is 19.8 Å². The highest BCUT2D eigenvalue weighted by atomic mass is 16.1. The Kier molecular flexibility index (Phi) is 4.43. The van der Waals surface area contributed by atoms with Gasteiger partial charge in [0.15, 0.2) is 0 Å². The summed E-state index contributed by atoms with van der Waals surface area (Å²) in [4.78, 5) is 12.6. The third-order valence-corrected chi connectivity index (χ3v) is 3.69. The molecule has 1 aromatic carbocycles. The second kappa shape index (κ2) is 6.10. The number of rotatable bonds is 5. The van der Waals surface area contributed by atoms with Crippen LogP contribution in [0.15, 0.2) is 36.5 Å². The maximum absolute atomic E-state index is 12.6. The van der Waals surface area contributed by atoms with Gasteiger partial charge in [-0.1, -0.05) is 37.3 Å². The molecule has 0 saturated heterocycles. The van der Waals surface area contributed by atoms with Crippen molar-refractivity contribution in [2.24, 2.45) is 12.8 Å². The lowest BCUT2D eigenvalue weighted by atomic mass is 9.91. The van der Waals surface area contributed by atoms with Crippen LogP contribution in [0.2, 0.25) is 0 Å². The van der Waals surface area contributed by atoms with Crippen LogP contribution in [0.1, 0.15) is 35.5 Å². The Labute approximate surface area is 125 Å². The number of hydrogen-bond acceptors (Lipinski definition) is 3. The Hall–Kier alpha value is -2.14. The van der Waals surface area contributed by atoms with Crippen molar-refractivity contribution in [1.29, 1.82) is 0 Å². The van der Waals surface area contributed by atoms with Crippen molar-refractivity contribution in [3.8, 4) is 0 Å². The molecule has 0 fully saturated rings. The zero-order valence-electron chi connectivity index (χ0n) is 12.8. The number of nitrogens with one attached hydrogen (secondary N) is 1. The van der Waals surface area contributed by atoms with Crippen molar-refractivity contribution in [1.82, 2.24) is 15.1 Å². The van der Waals surface area contributed by atoms with E-state index >= 15 is 0 Å². The van der Waals surface area contributed by atoms with Gasteiger partial charge in [-0.3, -0.25) is 9.48 Å². The van der Waals surface area contributed by atoms with E-state index in [1.165, 1.54) is 0 Å². The minimum absolute atomic E-state index is 0.142. The highest BCUT2D eigenvalue weighted by Gasteiger charge is 2.28. The molecule has 0 aliphatic carbocycles. The molecular weight excluding hydrogens is 264 g/mol. The van der Waals surface area contributed by atoms with Crippen molar-refractivity contribution in [3.05, 3.63) is 53.3 Å². The Morgan fingerprint density at radius 2 is 2.05 bits per heavy atom. The third-order valence-electron chi connectivity index (χ3n) is 3.69. The van der Waals surface area contributed by atoms with Crippen molar-refractivity contribution < 1.29 is 4.79 Å². The molecule has 5 heteroatoms. The molecule has 1 atom stereocenters. The first-order valence-electron chi connectivity index (χ1n) is 7.10. The summed E-state index contributed by atoms with van der Waals surface area (Å²) >= 11 is 0. The van der Waals surface area contributed by atoms with Crippen LogP contribution in [0.3, 0.4) is 0 Å². The van der Waals surface area contributed by atoms with Crippen LogP contribution >= 0.6 is 0 Å². The average molecular weight is 286 g/mol. The van der Waals surface area contributed by atoms with Gasteiger partial charge in [-0.15, -0.1) is 0 Å². The molecular formula is C16H22N4O. The van der Waals surface area contributed by atoms with Gasteiger partial charge in [-0.25, -0.2) is 0 Å². The molecule has 5 nitrogen and oxygen atoms in total. The molecule has 0 saturated carbocycles. The van der Waals surface area contributed by atoms with E-state index in [9.17, 15) is 4.79 Å². The number of nitrogens with two attached hydrogens (primary N) is 1. The first-order chi connectivity index (χ1) is 10.00. The maximum atomic E-state index is 12.6. The fourth-order valence-corrected chi connectivity index (χ4v) is 2.35. The lowest BCUT2D eigenvalue weighted by molar-refractivity contribution is 0.0906. The number of amides is 1. The molecule has 1 heterocycles. The molecule has 0 aliphatic heterocycles. The van der Waals surface area contributed by atoms with Gasteiger partial charge in [0.25, 0.3) is 5.91 Å². The second-order valence-corrected chi connectivity index (χ2v) is 5.37. The van der Waals surface area contributed by atoms with E-state index in [2.05, 4.69) is 10.4 Å². The van der Waals surface area contributed by atoms with Crippen LogP contribution in [-0.2, 0) is 19.0 Å². The van der Waals surface area contributed by atoms with Crippen molar-refractivity contribution in [2.45, 2.75) is 25.8 Å². The van der Waals surface area contributed by atoms with Crippen LogP contribution in [0.5, 0.6) is 0 Å². The number of hydrogen-bond donors (Lipinski definition) is 2. The molecule has 0 radical (unpaired) electrons. The van der Waals surface area contributed by atoms with Gasteiger partial charge in [-0.05, 0) is 18.9 Å². The highest BCUT2D eigenvalue weighted by molar-refractivity contribution is 5.95. The number of aryl methyl sites for hydroxylation is 2. The largest absolute Gasteiger partial charge is 0.341 e. The third kappa shape index (κ3) is 3.13. The topological polar surface area (TPSA) is 72.9 Å². The molecule has 2 aromatic rings. The van der Waals surface area contributed by atoms with Crippen LogP contribution in [0.4, 0.5) is 0 Å². The van der Waals surface area contributed by atoms with E-state index in [1.54, 1.807) is 10.9 Å². The van der Waals surface area contributed by atoms with Gasteiger partial charge in [0.1, 0.15) is 0 Å². The Morgan fingerprint density at radius 3 is 2.62 bits per heavy atom. The summed E-state index contributed by atoms with van der Waals surface area (Å²) in [6.07, 6.45) is 2.46. The Bertz CT molecular complexity index is 620. The van der Waals surface area contributed by atoms with Crippen molar-refractivity contribution >= 4 is 5.91 Å². The first kappa shape index (κ1) is 15.3. The molecule has 1 aromatic heterocycles. The van der Waals surface area contributed by atoms with Gasteiger partial charge in [0.05, 0.1) is 16.8 Å². The first-order valence-corrected chi connectivity index (χ1v) is 7.10. The summed E-state index contributed by atoms with van der Waals surface area (Å²) in [6, 6.07) is 9.76. The SMILES string of the molecule is CCc1nn(C)cc1C(=O)NC(C)(CN)c1ccccc1. The van der Waals surface area contributed by atoms with Gasteiger partial charge in [-0.2, -0.15) is 5.10 Å². The van der Waals surface area contributed by atoms with Crippen LogP contribution in [0, 0.1) is 0 Å². The summed E-state index contributed by atoms with van der Waals surface area (Å²) < 4.78 is 1.66. The lowest BCUT2D eigenvalue weighted by Gasteiger charge is -2.30. The molecule has 0 spiro atoms. The molecule has 1 unspecified atom stereocenters. The van der Waals surface area contributed by atoms with Crippen LogP contribution in [0.25, 0.3) is 0 Å². The fourth-order valence-electron chi connectivity index (χ4n) is 2.35. The fraction of sp³-hybridized carbons (Fsp3) is 0.375. The average Bonchev–Trinajstić information content (AvgIpc) is 2.89. The number of carbonyl (C=O) groups is 1. The summed E-state index contributed by atoms with van der Waals surface area (Å²) in [5, 5.41) is 7.35. The van der Waals surface area contributed by atoms with Gasteiger partial charge >= 0.3 is 0 Å². The van der Waals surface area contributed by atoms with Crippen molar-refractivity contribution in [2.75, 3.05) is 6.54 Å². The number of aromatic nitrogens is 2. The van der Waals surface area contributed by atoms with E-state index in [-0.39, 0.29) is 5.91 Å². The Balaban J connectivity index is 2.28. The zero-order valence-corrected chi connectivity index (χ0v) is 12.8. The molecule has 0 bridgehead atoms. The van der Waals surface area contributed by atoms with E-state index in [1.807, 2.05) is 51.2 Å². The molecule has 21 heavy (non-hydrogen) atoms. The Morgan fingerprint density at radius 1 is 1.38 bits per heavy atom. The summed E-state index contributed by atoms with van der Waals surface area (Å²) in [6.45, 7) is 4.24. The van der Waals surface area contributed by atoms with Crippen LogP contribution < -0.4 is 11.1 Å². The quantitative estimate of drug-likeness (QED) is 0.876. The van der Waals surface area contributed by atoms with Gasteiger partial charge < -0.3 is 11.1 Å². The van der Waals surface area contributed by atoms with Crippen LogP contribution in [-0.4, -0.2) is 22.2 Å². The van der Waals surface area contributed by atoms with E-state index in [0.717, 1.165) is 11.3 Å². The number of benzene rings is 1. The summed E-state index contributed by atoms with van der Waals surface area (Å²) in [5.41, 5.74) is 7.70. The molecule has 0 aliphatic rings. The van der Waals surface area contributed by atoms with Crippen molar-refractivity contribution in [3.63, 3.8) is 0 Å². The predicted molar refractivity (Wildman–Crippen MR) is 82.9 cm³/mol. The minimum Gasteiger partial charge on any atom is -0.341 e. The van der Waals surface area contributed by atoms with E-state index < -0.39 is 5.54 Å². The highest BCUT2D eigenvalue weighted by Crippen LogP contribution is 2.20. The number of nitrogens with zero attached hydrogens (tertiary/aromatic N) is 2. The smallest absolute Gasteiger partial charge is 0.255 e. The maximum Gasteiger partial charge on any atom is 0.255 e. The molecule has 2 rings (SSSR count). The predicted octanol–water partition coefficient (Wildman–Crippen LogP) is 1.59. The second-order valence-electron chi connectivity index (χ2n) is 5.37. The normalized spacial score (nSPS) is 13.7. The van der Waals surface area contributed by atoms with E-state index in [4.69, 9.17) is 5.73 Å². The molecule has 1 amide bonds. The standard InChI is InChI=1S/C16H22N4O/c1-4-14-13(10-20(3)19-14)15(21)18-16(2,11-17)12-8-6-5-7-9-12/h5-10H,4,11,17H2,1-3H3,(H,18,21). The number of carbonyl (C=O) groups excluding carboxylic acids is 1. The minimum atomic E-state index is -0.598.